The van der Waals surface area contributed by atoms with E-state index in [0.717, 1.165) is 12.5 Å². The molecule has 1 aromatic heterocycles. The summed E-state index contributed by atoms with van der Waals surface area (Å²) in [7, 11) is 2.01. The minimum atomic E-state index is 0.478. The summed E-state index contributed by atoms with van der Waals surface area (Å²) in [4.78, 5) is 4.35. The smallest absolute Gasteiger partial charge is 0.0947 e. The molecule has 1 N–H and O–H groups in total. The van der Waals surface area contributed by atoms with Crippen molar-refractivity contribution in [3.05, 3.63) is 18.2 Å². The Hall–Kier alpha value is -0.830. The molecule has 1 aliphatic heterocycles. The number of nitrogens with zero attached hydrogens (tertiary/aromatic N) is 2. The number of aryl methyl sites for hydroxylation is 1. The van der Waals surface area contributed by atoms with E-state index < -0.39 is 0 Å². The van der Waals surface area contributed by atoms with Crippen molar-refractivity contribution >= 4 is 0 Å². The Balaban J connectivity index is 2.19. The van der Waals surface area contributed by atoms with Crippen LogP contribution in [0.25, 0.3) is 0 Å². The Morgan fingerprint density at radius 2 is 2.50 bits per heavy atom. The number of hydrogen-bond acceptors (Lipinski definition) is 2. The second-order valence-electron chi connectivity index (χ2n) is 3.66. The van der Waals surface area contributed by atoms with Crippen LogP contribution >= 0.6 is 0 Å². The first-order chi connectivity index (χ1) is 5.77. The van der Waals surface area contributed by atoms with Gasteiger partial charge in [-0.15, -0.1) is 0 Å². The Bertz CT molecular complexity index is 266. The van der Waals surface area contributed by atoms with E-state index in [9.17, 15) is 0 Å². The minimum Gasteiger partial charge on any atom is -0.340 e. The zero-order valence-corrected chi connectivity index (χ0v) is 7.62. The summed E-state index contributed by atoms with van der Waals surface area (Å²) >= 11 is 0. The minimum absolute atomic E-state index is 0.478. The highest BCUT2D eigenvalue weighted by molar-refractivity contribution is 5.07. The number of imidazole rings is 1. The molecular weight excluding hydrogens is 150 g/mol. The first kappa shape index (κ1) is 7.80. The summed E-state index contributed by atoms with van der Waals surface area (Å²) in [6, 6.07) is 0.478. The zero-order chi connectivity index (χ0) is 8.55. The SMILES string of the molecule is CC1CCNC1c1cn(C)cn1. The molecule has 2 atom stereocenters. The molecule has 0 aromatic carbocycles. The Morgan fingerprint density at radius 1 is 1.67 bits per heavy atom. The van der Waals surface area contributed by atoms with Crippen molar-refractivity contribution in [3.8, 4) is 0 Å². The van der Waals surface area contributed by atoms with E-state index >= 15 is 0 Å². The van der Waals surface area contributed by atoms with Crippen LogP contribution in [0, 0.1) is 5.92 Å². The monoisotopic (exact) mass is 165 g/mol. The molecule has 0 saturated carbocycles. The molecule has 2 unspecified atom stereocenters. The third-order valence-corrected chi connectivity index (χ3v) is 2.58. The van der Waals surface area contributed by atoms with E-state index in [4.69, 9.17) is 0 Å². The molecule has 3 nitrogen and oxygen atoms in total. The van der Waals surface area contributed by atoms with Gasteiger partial charge in [-0.3, -0.25) is 0 Å². The number of aromatic nitrogens is 2. The van der Waals surface area contributed by atoms with Crippen LogP contribution in [-0.4, -0.2) is 16.1 Å². The molecule has 1 saturated heterocycles. The third-order valence-electron chi connectivity index (χ3n) is 2.58. The van der Waals surface area contributed by atoms with Crippen molar-refractivity contribution in [1.29, 1.82) is 0 Å². The van der Waals surface area contributed by atoms with E-state index in [-0.39, 0.29) is 0 Å². The van der Waals surface area contributed by atoms with Gasteiger partial charge in [0.1, 0.15) is 0 Å². The fraction of sp³-hybridized carbons (Fsp3) is 0.667. The van der Waals surface area contributed by atoms with Crippen LogP contribution in [0.2, 0.25) is 0 Å². The summed E-state index contributed by atoms with van der Waals surface area (Å²) in [5, 5.41) is 3.46. The van der Waals surface area contributed by atoms with Gasteiger partial charge in [0, 0.05) is 13.2 Å². The molecule has 2 rings (SSSR count). The molecule has 1 fully saturated rings. The average Bonchev–Trinajstić information content (AvgIpc) is 2.58. The topological polar surface area (TPSA) is 29.9 Å². The van der Waals surface area contributed by atoms with Crippen LogP contribution in [0.15, 0.2) is 12.5 Å². The molecule has 3 heteroatoms. The summed E-state index contributed by atoms with van der Waals surface area (Å²) in [6.07, 6.45) is 5.22. The summed E-state index contributed by atoms with van der Waals surface area (Å²) in [6.45, 7) is 3.40. The van der Waals surface area contributed by atoms with E-state index in [1.54, 1.807) is 0 Å². The maximum Gasteiger partial charge on any atom is 0.0947 e. The lowest BCUT2D eigenvalue weighted by molar-refractivity contribution is 0.494. The highest BCUT2D eigenvalue weighted by Crippen LogP contribution is 2.27. The van der Waals surface area contributed by atoms with Crippen molar-refractivity contribution in [2.24, 2.45) is 13.0 Å². The maximum atomic E-state index is 4.35. The van der Waals surface area contributed by atoms with E-state index in [1.807, 2.05) is 17.9 Å². The second-order valence-corrected chi connectivity index (χ2v) is 3.66. The van der Waals surface area contributed by atoms with Gasteiger partial charge in [0.25, 0.3) is 0 Å². The van der Waals surface area contributed by atoms with Gasteiger partial charge in [-0.25, -0.2) is 4.98 Å². The van der Waals surface area contributed by atoms with Gasteiger partial charge in [-0.1, -0.05) is 6.92 Å². The average molecular weight is 165 g/mol. The molecule has 66 valence electrons. The first-order valence-corrected chi connectivity index (χ1v) is 4.48. The molecule has 1 aromatic rings. The van der Waals surface area contributed by atoms with Gasteiger partial charge in [0.05, 0.1) is 18.1 Å². The summed E-state index contributed by atoms with van der Waals surface area (Å²) in [5.41, 5.74) is 1.18. The van der Waals surface area contributed by atoms with Crippen LogP contribution in [0.3, 0.4) is 0 Å². The Labute approximate surface area is 72.8 Å². The van der Waals surface area contributed by atoms with Crippen molar-refractivity contribution < 1.29 is 0 Å². The lowest BCUT2D eigenvalue weighted by Crippen LogP contribution is -2.16. The number of nitrogens with one attached hydrogen (secondary N) is 1. The van der Waals surface area contributed by atoms with Gasteiger partial charge in [-0.05, 0) is 18.9 Å². The van der Waals surface area contributed by atoms with Crippen LogP contribution in [0.4, 0.5) is 0 Å². The fourth-order valence-electron chi connectivity index (χ4n) is 1.82. The van der Waals surface area contributed by atoms with Crippen molar-refractivity contribution in [1.82, 2.24) is 14.9 Å². The highest BCUT2D eigenvalue weighted by atomic mass is 15.1. The predicted octanol–water partition coefficient (Wildman–Crippen LogP) is 1.09. The summed E-state index contributed by atoms with van der Waals surface area (Å²) < 4.78 is 2.00. The van der Waals surface area contributed by atoms with E-state index in [1.165, 1.54) is 12.1 Å². The third kappa shape index (κ3) is 1.25. The molecule has 1 aliphatic rings. The van der Waals surface area contributed by atoms with Crippen LogP contribution in [0.1, 0.15) is 25.1 Å². The molecule has 0 spiro atoms. The molecule has 0 radical (unpaired) electrons. The second kappa shape index (κ2) is 2.90. The normalized spacial score (nSPS) is 29.5. The zero-order valence-electron chi connectivity index (χ0n) is 7.62. The maximum absolute atomic E-state index is 4.35. The van der Waals surface area contributed by atoms with Crippen LogP contribution < -0.4 is 5.32 Å². The molecule has 0 amide bonds. The van der Waals surface area contributed by atoms with E-state index in [0.29, 0.717) is 6.04 Å². The lowest BCUT2D eigenvalue weighted by atomic mass is 10.0. The largest absolute Gasteiger partial charge is 0.340 e. The molecule has 0 bridgehead atoms. The van der Waals surface area contributed by atoms with Gasteiger partial charge in [-0.2, -0.15) is 0 Å². The first-order valence-electron chi connectivity index (χ1n) is 4.48. The van der Waals surface area contributed by atoms with Gasteiger partial charge >= 0.3 is 0 Å². The van der Waals surface area contributed by atoms with Crippen molar-refractivity contribution in [2.75, 3.05) is 6.54 Å². The number of rotatable bonds is 1. The predicted molar refractivity (Wildman–Crippen MR) is 47.7 cm³/mol. The molecule has 0 aliphatic carbocycles. The lowest BCUT2D eigenvalue weighted by Gasteiger charge is -2.11. The molecule has 2 heterocycles. The van der Waals surface area contributed by atoms with Crippen LogP contribution in [-0.2, 0) is 7.05 Å². The van der Waals surface area contributed by atoms with Gasteiger partial charge < -0.3 is 9.88 Å². The highest BCUT2D eigenvalue weighted by Gasteiger charge is 2.25. The quantitative estimate of drug-likeness (QED) is 0.675. The Morgan fingerprint density at radius 3 is 3.00 bits per heavy atom. The van der Waals surface area contributed by atoms with Crippen molar-refractivity contribution in [2.45, 2.75) is 19.4 Å². The summed E-state index contributed by atoms with van der Waals surface area (Å²) in [5.74, 6) is 0.722. The number of hydrogen-bond donors (Lipinski definition) is 1. The molecular formula is C9H15N3. The van der Waals surface area contributed by atoms with Gasteiger partial charge in [0.2, 0.25) is 0 Å². The standard InChI is InChI=1S/C9H15N3/c1-7-3-4-10-9(7)8-5-12(2)6-11-8/h5-7,9-10H,3-4H2,1-2H3. The van der Waals surface area contributed by atoms with Crippen LogP contribution in [0.5, 0.6) is 0 Å². The fourth-order valence-corrected chi connectivity index (χ4v) is 1.82. The van der Waals surface area contributed by atoms with Gasteiger partial charge in [0.15, 0.2) is 0 Å². The van der Waals surface area contributed by atoms with Crippen molar-refractivity contribution in [3.63, 3.8) is 0 Å². The molecule has 12 heavy (non-hydrogen) atoms. The Kier molecular flexibility index (Phi) is 1.89. The van der Waals surface area contributed by atoms with E-state index in [2.05, 4.69) is 23.4 Å².